The third-order valence-electron chi connectivity index (χ3n) is 2.59. The van der Waals surface area contributed by atoms with Gasteiger partial charge in [0.2, 0.25) is 0 Å². The van der Waals surface area contributed by atoms with Crippen LogP contribution in [0.5, 0.6) is 0 Å². The Labute approximate surface area is 132 Å². The second kappa shape index (κ2) is 6.78. The highest BCUT2D eigenvalue weighted by atomic mass is 79.9. The molecule has 2 aromatic rings. The Morgan fingerprint density at radius 3 is 2.45 bits per heavy atom. The number of pyridine rings is 1. The topological polar surface area (TPSA) is 51.2 Å². The fourth-order valence-electron chi connectivity index (χ4n) is 1.55. The molecule has 8 heteroatoms. The summed E-state index contributed by atoms with van der Waals surface area (Å²) in [5.74, 6) is 0. The molecule has 1 aromatic heterocycles. The molecular weight excluding hydrogens is 365 g/mol. The van der Waals surface area contributed by atoms with Gasteiger partial charge in [0.15, 0.2) is 0 Å². The summed E-state index contributed by atoms with van der Waals surface area (Å²) in [6.07, 6.45) is -5.33. The molecule has 0 fully saturated rings. The Kier molecular flexibility index (Phi) is 5.02. The molecule has 0 aliphatic heterocycles. The van der Waals surface area contributed by atoms with Crippen LogP contribution in [0.4, 0.5) is 23.7 Å². The molecule has 1 N–H and O–H groups in total. The lowest BCUT2D eigenvalue weighted by atomic mass is 10.2. The van der Waals surface area contributed by atoms with Crippen LogP contribution in [-0.4, -0.2) is 11.1 Å². The van der Waals surface area contributed by atoms with Gasteiger partial charge in [-0.2, -0.15) is 13.2 Å². The summed E-state index contributed by atoms with van der Waals surface area (Å²) in [4.78, 5) is 15.0. The Bertz CT molecular complexity index is 663. The molecule has 0 saturated heterocycles. The van der Waals surface area contributed by atoms with Gasteiger partial charge in [0, 0.05) is 0 Å². The van der Waals surface area contributed by atoms with Crippen LogP contribution in [0.3, 0.4) is 0 Å². The number of hydrogen-bond donors (Lipinski definition) is 1. The first kappa shape index (κ1) is 16.3. The van der Waals surface area contributed by atoms with Crippen molar-refractivity contribution in [1.82, 2.24) is 4.98 Å². The largest absolute Gasteiger partial charge is 0.444 e. The molecule has 0 unspecified atom stereocenters. The predicted octanol–water partition coefficient (Wildman–Crippen LogP) is 4.61. The second-order valence-electron chi connectivity index (χ2n) is 4.22. The molecule has 22 heavy (non-hydrogen) atoms. The molecule has 1 heterocycles. The van der Waals surface area contributed by atoms with E-state index in [1.54, 1.807) is 24.3 Å². The molecule has 0 aliphatic carbocycles. The fourth-order valence-corrected chi connectivity index (χ4v) is 1.98. The summed E-state index contributed by atoms with van der Waals surface area (Å²) >= 11 is 2.88. The predicted molar refractivity (Wildman–Crippen MR) is 77.2 cm³/mol. The molecule has 0 bridgehead atoms. The minimum atomic E-state index is -4.55. The van der Waals surface area contributed by atoms with Crippen molar-refractivity contribution in [3.8, 4) is 0 Å². The first-order valence-corrected chi connectivity index (χ1v) is 6.87. The number of alkyl halides is 3. The molecule has 1 amide bonds. The fraction of sp³-hybridized carbons (Fsp3) is 0.143. The van der Waals surface area contributed by atoms with Crippen LogP contribution in [-0.2, 0) is 17.5 Å². The van der Waals surface area contributed by atoms with Crippen LogP contribution in [0.15, 0.2) is 47.1 Å². The highest BCUT2D eigenvalue weighted by Gasteiger charge is 2.32. The minimum absolute atomic E-state index is 0.0539. The summed E-state index contributed by atoms with van der Waals surface area (Å²) in [6, 6.07) is 10.9. The number of nitrogens with one attached hydrogen (secondary N) is 1. The Morgan fingerprint density at radius 2 is 1.86 bits per heavy atom. The van der Waals surface area contributed by atoms with Gasteiger partial charge in [-0.1, -0.05) is 30.3 Å². The number of ether oxygens (including phenoxy) is 1. The summed E-state index contributed by atoms with van der Waals surface area (Å²) in [6.45, 7) is 0.0539. The van der Waals surface area contributed by atoms with Crippen LogP contribution in [0.25, 0.3) is 0 Å². The average Bonchev–Trinajstić information content (AvgIpc) is 2.47. The van der Waals surface area contributed by atoms with E-state index in [4.69, 9.17) is 4.74 Å². The summed E-state index contributed by atoms with van der Waals surface area (Å²) in [7, 11) is 0. The molecule has 0 radical (unpaired) electrons. The van der Waals surface area contributed by atoms with E-state index in [1.807, 2.05) is 6.07 Å². The smallest absolute Gasteiger partial charge is 0.433 e. The average molecular weight is 375 g/mol. The van der Waals surface area contributed by atoms with Gasteiger partial charge < -0.3 is 4.74 Å². The molecule has 2 rings (SSSR count). The van der Waals surface area contributed by atoms with Crippen LogP contribution in [0.2, 0.25) is 0 Å². The van der Waals surface area contributed by atoms with Crippen molar-refractivity contribution in [2.45, 2.75) is 12.8 Å². The summed E-state index contributed by atoms with van der Waals surface area (Å²) in [5.41, 5.74) is -0.170. The van der Waals surface area contributed by atoms with E-state index >= 15 is 0 Å². The van der Waals surface area contributed by atoms with Gasteiger partial charge >= 0.3 is 12.3 Å². The number of aromatic nitrogens is 1. The van der Waals surface area contributed by atoms with Crippen LogP contribution in [0.1, 0.15) is 11.3 Å². The number of amides is 1. The van der Waals surface area contributed by atoms with E-state index in [2.05, 4.69) is 26.2 Å². The van der Waals surface area contributed by atoms with Gasteiger partial charge in [-0.3, -0.25) is 5.32 Å². The highest BCUT2D eigenvalue weighted by molar-refractivity contribution is 9.10. The first-order chi connectivity index (χ1) is 10.4. The lowest BCUT2D eigenvalue weighted by Gasteiger charge is -2.10. The molecule has 0 aliphatic rings. The third-order valence-corrected chi connectivity index (χ3v) is 3.19. The Morgan fingerprint density at radius 1 is 1.18 bits per heavy atom. The first-order valence-electron chi connectivity index (χ1n) is 6.07. The molecule has 1 aromatic carbocycles. The Hall–Kier alpha value is -2.09. The van der Waals surface area contributed by atoms with E-state index < -0.39 is 18.0 Å². The number of carbonyl (C=O) groups is 1. The lowest BCUT2D eigenvalue weighted by Crippen LogP contribution is -2.15. The van der Waals surface area contributed by atoms with E-state index in [0.29, 0.717) is 0 Å². The number of halogens is 4. The van der Waals surface area contributed by atoms with Gasteiger partial charge in [-0.25, -0.2) is 9.78 Å². The zero-order chi connectivity index (χ0) is 16.2. The van der Waals surface area contributed by atoms with Gasteiger partial charge in [0.05, 0.1) is 5.69 Å². The monoisotopic (exact) mass is 374 g/mol. The van der Waals surface area contributed by atoms with Gasteiger partial charge in [0.25, 0.3) is 0 Å². The van der Waals surface area contributed by atoms with Crippen molar-refractivity contribution in [1.29, 1.82) is 0 Å². The quantitative estimate of drug-likeness (QED) is 0.798. The zero-order valence-corrected chi connectivity index (χ0v) is 12.6. The van der Waals surface area contributed by atoms with E-state index in [-0.39, 0.29) is 16.9 Å². The molecular formula is C14H10BrF3N2O2. The number of nitrogens with zero attached hydrogens (tertiary/aromatic N) is 1. The number of benzene rings is 1. The molecule has 0 spiro atoms. The number of rotatable bonds is 3. The summed E-state index contributed by atoms with van der Waals surface area (Å²) < 4.78 is 42.3. The van der Waals surface area contributed by atoms with Crippen LogP contribution in [0, 0.1) is 0 Å². The summed E-state index contributed by atoms with van der Waals surface area (Å²) in [5, 5.41) is 2.32. The number of hydrogen-bond acceptors (Lipinski definition) is 3. The molecule has 0 atom stereocenters. The molecule has 0 saturated carbocycles. The van der Waals surface area contributed by atoms with Crippen LogP contribution >= 0.6 is 15.9 Å². The van der Waals surface area contributed by atoms with E-state index in [0.717, 1.165) is 17.7 Å². The van der Waals surface area contributed by atoms with Gasteiger partial charge in [-0.05, 0) is 33.6 Å². The van der Waals surface area contributed by atoms with Gasteiger partial charge in [-0.15, -0.1) is 0 Å². The zero-order valence-electron chi connectivity index (χ0n) is 11.0. The second-order valence-corrected chi connectivity index (χ2v) is 4.97. The van der Waals surface area contributed by atoms with Crippen molar-refractivity contribution < 1.29 is 22.7 Å². The maximum Gasteiger partial charge on any atom is 0.433 e. The van der Waals surface area contributed by atoms with E-state index in [1.165, 1.54) is 0 Å². The third kappa shape index (κ3) is 4.45. The van der Waals surface area contributed by atoms with Crippen molar-refractivity contribution in [3.63, 3.8) is 0 Å². The number of anilines is 1. The lowest BCUT2D eigenvalue weighted by molar-refractivity contribution is -0.141. The van der Waals surface area contributed by atoms with Crippen molar-refractivity contribution in [3.05, 3.63) is 58.3 Å². The number of carbonyl (C=O) groups excluding carboxylic acids is 1. The van der Waals surface area contributed by atoms with Crippen molar-refractivity contribution in [2.24, 2.45) is 0 Å². The Balaban J connectivity index is 1.97. The molecule has 116 valence electrons. The van der Waals surface area contributed by atoms with Crippen molar-refractivity contribution >= 4 is 27.7 Å². The maximum absolute atomic E-state index is 12.5. The van der Waals surface area contributed by atoms with Gasteiger partial charge in [0.1, 0.15) is 16.9 Å². The van der Waals surface area contributed by atoms with Crippen molar-refractivity contribution in [2.75, 3.05) is 5.32 Å². The van der Waals surface area contributed by atoms with E-state index in [9.17, 15) is 18.0 Å². The highest BCUT2D eigenvalue weighted by Crippen LogP contribution is 2.31. The van der Waals surface area contributed by atoms with Crippen LogP contribution < -0.4 is 5.32 Å². The molecule has 4 nitrogen and oxygen atoms in total. The normalized spacial score (nSPS) is 11.1. The minimum Gasteiger partial charge on any atom is -0.444 e. The standard InChI is InChI=1S/C14H10BrF3N2O2/c15-12-10(6-7-11(20-12)14(16,17)18)19-13(21)22-8-9-4-2-1-3-5-9/h1-7H,8H2,(H,19,21). The maximum atomic E-state index is 12.5. The SMILES string of the molecule is O=C(Nc1ccc(C(F)(F)F)nc1Br)OCc1ccccc1.